The number of nitrogens with zero attached hydrogens (tertiary/aromatic N) is 1. The summed E-state index contributed by atoms with van der Waals surface area (Å²) in [5.74, 6) is -0.816. The lowest BCUT2D eigenvalue weighted by atomic mass is 9.85. The number of halogens is 1. The first-order valence-corrected chi connectivity index (χ1v) is 5.64. The van der Waals surface area contributed by atoms with Crippen LogP contribution in [0.5, 0.6) is 0 Å². The molecule has 1 fully saturated rings. The quantitative estimate of drug-likeness (QED) is 0.400. The van der Waals surface area contributed by atoms with Crippen LogP contribution in [-0.4, -0.2) is 64.3 Å². The van der Waals surface area contributed by atoms with Gasteiger partial charge in [-0.2, -0.15) is 0 Å². The van der Waals surface area contributed by atoms with Crippen molar-refractivity contribution in [3.63, 3.8) is 0 Å². The van der Waals surface area contributed by atoms with Gasteiger partial charge in [-0.05, 0) is 6.92 Å². The summed E-state index contributed by atoms with van der Waals surface area (Å²) in [6, 6.07) is -2.47. The number of hydrogen-bond donors (Lipinski definition) is 5. The molecule has 8 heteroatoms. The maximum Gasteiger partial charge on any atom is 0.342 e. The van der Waals surface area contributed by atoms with E-state index in [2.05, 4.69) is 15.6 Å². The fourth-order valence-corrected chi connectivity index (χ4v) is 2.47. The second kappa shape index (κ2) is 4.54. The summed E-state index contributed by atoms with van der Waals surface area (Å²) in [6.07, 6.45) is -1.52. The van der Waals surface area contributed by atoms with E-state index in [9.17, 15) is 19.4 Å². The van der Waals surface area contributed by atoms with Crippen LogP contribution in [0.4, 0.5) is 9.18 Å². The Morgan fingerprint density at radius 3 is 2.72 bits per heavy atom. The first kappa shape index (κ1) is 13.3. The van der Waals surface area contributed by atoms with Crippen molar-refractivity contribution in [1.29, 1.82) is 0 Å². The Labute approximate surface area is 103 Å². The van der Waals surface area contributed by atoms with E-state index < -0.39 is 48.6 Å². The van der Waals surface area contributed by atoms with Gasteiger partial charge in [-0.15, -0.1) is 0 Å². The highest BCUT2D eigenvalue weighted by atomic mass is 19.1. The molecule has 2 aliphatic heterocycles. The van der Waals surface area contributed by atoms with E-state index in [0.29, 0.717) is 0 Å². The van der Waals surface area contributed by atoms with Crippen molar-refractivity contribution in [3.05, 3.63) is 0 Å². The fraction of sp³-hybridized carbons (Fsp3) is 0.800. The molecule has 0 bridgehead atoms. The lowest BCUT2D eigenvalue weighted by Crippen LogP contribution is -2.56. The zero-order chi connectivity index (χ0) is 13.5. The van der Waals surface area contributed by atoms with E-state index in [1.54, 1.807) is 0 Å². The lowest BCUT2D eigenvalue weighted by molar-refractivity contribution is -0.0117. The molecule has 6 atom stereocenters. The number of aliphatic hydroxyl groups is 3. The van der Waals surface area contributed by atoms with Crippen molar-refractivity contribution in [2.45, 2.75) is 37.0 Å². The van der Waals surface area contributed by atoms with Crippen molar-refractivity contribution >= 4 is 12.2 Å². The zero-order valence-electron chi connectivity index (χ0n) is 9.75. The highest BCUT2D eigenvalue weighted by Crippen LogP contribution is 2.34. The number of urea groups is 1. The van der Waals surface area contributed by atoms with Crippen LogP contribution in [0, 0.1) is 5.92 Å². The van der Waals surface area contributed by atoms with Gasteiger partial charge in [0.2, 0.25) is 0 Å². The standard InChI is InChI=1S/C10H16FN3O4/c1-10(11)6(13-5(3-15)7(10)16)4-2-12-9(18)14-8(4)17/h2,4-8,13,15-17H,3H2,1H3,(H,14,18). The van der Waals surface area contributed by atoms with E-state index in [-0.39, 0.29) is 0 Å². The lowest BCUT2D eigenvalue weighted by Gasteiger charge is -2.33. The molecule has 5 N–H and O–H groups in total. The predicted octanol–water partition coefficient (Wildman–Crippen LogP) is -1.86. The molecule has 18 heavy (non-hydrogen) atoms. The Kier molecular flexibility index (Phi) is 3.37. The minimum absolute atomic E-state index is 0.427. The molecule has 0 aliphatic carbocycles. The van der Waals surface area contributed by atoms with Crippen LogP contribution in [0.1, 0.15) is 6.92 Å². The molecule has 0 spiro atoms. The summed E-state index contributed by atoms with van der Waals surface area (Å²) >= 11 is 0. The van der Waals surface area contributed by atoms with Gasteiger partial charge in [-0.3, -0.25) is 0 Å². The molecule has 0 aromatic rings. The van der Waals surface area contributed by atoms with E-state index in [4.69, 9.17) is 5.11 Å². The zero-order valence-corrected chi connectivity index (χ0v) is 9.75. The average molecular weight is 261 g/mol. The van der Waals surface area contributed by atoms with Crippen molar-refractivity contribution in [3.8, 4) is 0 Å². The molecular weight excluding hydrogens is 245 g/mol. The van der Waals surface area contributed by atoms with E-state index >= 15 is 0 Å². The van der Waals surface area contributed by atoms with Crippen LogP contribution in [0.15, 0.2) is 4.99 Å². The van der Waals surface area contributed by atoms with Crippen LogP contribution < -0.4 is 10.6 Å². The third kappa shape index (κ3) is 2.01. The molecule has 2 heterocycles. The molecule has 2 rings (SSSR count). The second-order valence-electron chi connectivity index (χ2n) is 4.78. The largest absolute Gasteiger partial charge is 0.395 e. The van der Waals surface area contributed by atoms with Crippen molar-refractivity contribution < 1.29 is 24.5 Å². The molecule has 2 amide bonds. The minimum atomic E-state index is -2.05. The number of rotatable bonds is 2. The van der Waals surface area contributed by atoms with Gasteiger partial charge in [0.25, 0.3) is 0 Å². The number of alkyl halides is 1. The van der Waals surface area contributed by atoms with Gasteiger partial charge in [0.15, 0.2) is 5.67 Å². The summed E-state index contributed by atoms with van der Waals surface area (Å²) in [7, 11) is 0. The van der Waals surface area contributed by atoms with Crippen LogP contribution in [0.3, 0.4) is 0 Å². The Hall–Kier alpha value is -1.09. The summed E-state index contributed by atoms with van der Waals surface area (Å²) in [4.78, 5) is 14.4. The molecule has 2 aliphatic rings. The number of carbonyl (C=O) groups excluding carboxylic acids is 1. The SMILES string of the molecule is CC1(F)C(O)C(CO)NC1C1C=NC(=O)NC1O. The maximum atomic E-state index is 14.5. The van der Waals surface area contributed by atoms with Gasteiger partial charge >= 0.3 is 6.03 Å². The molecule has 7 nitrogen and oxygen atoms in total. The van der Waals surface area contributed by atoms with E-state index in [1.807, 2.05) is 0 Å². The normalized spacial score (nSPS) is 48.3. The number of amides is 2. The molecule has 102 valence electrons. The fourth-order valence-electron chi connectivity index (χ4n) is 2.47. The third-order valence-electron chi connectivity index (χ3n) is 3.54. The molecular formula is C10H16FN3O4. The maximum absolute atomic E-state index is 14.5. The Bertz CT molecular complexity index is 376. The number of aliphatic hydroxyl groups excluding tert-OH is 3. The number of aliphatic imine (C=N–C) groups is 1. The van der Waals surface area contributed by atoms with Gasteiger partial charge in [-0.25, -0.2) is 14.2 Å². The number of hydrogen-bond acceptors (Lipinski definition) is 5. The van der Waals surface area contributed by atoms with Crippen molar-refractivity contribution in [2.75, 3.05) is 6.61 Å². The molecule has 0 aromatic heterocycles. The molecule has 0 radical (unpaired) electrons. The van der Waals surface area contributed by atoms with Gasteiger partial charge in [0.05, 0.1) is 24.6 Å². The third-order valence-corrected chi connectivity index (χ3v) is 3.54. The predicted molar refractivity (Wildman–Crippen MR) is 59.8 cm³/mol. The Morgan fingerprint density at radius 2 is 2.22 bits per heavy atom. The monoisotopic (exact) mass is 261 g/mol. The topological polar surface area (TPSA) is 114 Å². The van der Waals surface area contributed by atoms with Gasteiger partial charge < -0.3 is 26.0 Å². The highest BCUT2D eigenvalue weighted by molar-refractivity contribution is 5.87. The Balaban J connectivity index is 2.23. The first-order chi connectivity index (χ1) is 8.37. The van der Waals surface area contributed by atoms with Crippen molar-refractivity contribution in [1.82, 2.24) is 10.6 Å². The summed E-state index contributed by atoms with van der Waals surface area (Å²) < 4.78 is 14.5. The molecule has 6 unspecified atom stereocenters. The van der Waals surface area contributed by atoms with Gasteiger partial charge in [-0.1, -0.05) is 0 Å². The van der Waals surface area contributed by atoms with E-state index in [1.165, 1.54) is 6.92 Å². The van der Waals surface area contributed by atoms with Crippen LogP contribution >= 0.6 is 0 Å². The Morgan fingerprint density at radius 1 is 1.56 bits per heavy atom. The average Bonchev–Trinajstić information content (AvgIpc) is 2.52. The second-order valence-corrected chi connectivity index (χ2v) is 4.78. The van der Waals surface area contributed by atoms with Crippen LogP contribution in [0.25, 0.3) is 0 Å². The molecule has 0 saturated carbocycles. The summed E-state index contributed by atoms with van der Waals surface area (Å²) in [5, 5.41) is 33.4. The van der Waals surface area contributed by atoms with Crippen molar-refractivity contribution in [2.24, 2.45) is 10.9 Å². The van der Waals surface area contributed by atoms with Gasteiger partial charge in [0.1, 0.15) is 12.3 Å². The summed E-state index contributed by atoms with van der Waals surface area (Å²) in [6.45, 7) is 0.755. The number of nitrogens with one attached hydrogen (secondary N) is 2. The molecule has 0 aromatic carbocycles. The minimum Gasteiger partial charge on any atom is -0.395 e. The smallest absolute Gasteiger partial charge is 0.342 e. The van der Waals surface area contributed by atoms with Crippen LogP contribution in [0.2, 0.25) is 0 Å². The highest BCUT2D eigenvalue weighted by Gasteiger charge is 2.56. The number of carbonyl (C=O) groups is 1. The first-order valence-electron chi connectivity index (χ1n) is 5.64. The molecule has 1 saturated heterocycles. The van der Waals surface area contributed by atoms with E-state index in [0.717, 1.165) is 6.21 Å². The van der Waals surface area contributed by atoms with Crippen LogP contribution in [-0.2, 0) is 0 Å². The van der Waals surface area contributed by atoms with Gasteiger partial charge in [0, 0.05) is 6.21 Å². The summed E-state index contributed by atoms with van der Waals surface area (Å²) in [5.41, 5.74) is -2.05.